The summed E-state index contributed by atoms with van der Waals surface area (Å²) in [6.07, 6.45) is 2.53. The third kappa shape index (κ3) is 4.00. The second-order valence-electron chi connectivity index (χ2n) is 7.91. The Labute approximate surface area is 183 Å². The molecule has 8 heteroatoms. The minimum absolute atomic E-state index is 0.206. The fraction of sp³-hybridized carbons (Fsp3) is 0.292. The van der Waals surface area contributed by atoms with E-state index in [0.29, 0.717) is 17.7 Å². The van der Waals surface area contributed by atoms with Gasteiger partial charge in [0.25, 0.3) is 5.91 Å². The number of nitrogens with zero attached hydrogens (tertiary/aromatic N) is 3. The Bertz CT molecular complexity index is 1170. The van der Waals surface area contributed by atoms with E-state index in [-0.39, 0.29) is 12.2 Å². The number of unbranched alkanes of at least 4 members (excludes halogenated alkanes) is 1. The molecule has 0 saturated carbocycles. The van der Waals surface area contributed by atoms with E-state index >= 15 is 0 Å². The van der Waals surface area contributed by atoms with Crippen LogP contribution in [0.2, 0.25) is 0 Å². The summed E-state index contributed by atoms with van der Waals surface area (Å²) < 4.78 is 29.7. The second-order valence-corrected chi connectivity index (χ2v) is 7.91. The van der Waals surface area contributed by atoms with Crippen LogP contribution in [-0.2, 0) is 0 Å². The highest BCUT2D eigenvalue weighted by Gasteiger charge is 2.39. The molecule has 32 heavy (non-hydrogen) atoms. The van der Waals surface area contributed by atoms with Crippen molar-refractivity contribution in [1.82, 2.24) is 14.7 Å². The molecule has 0 spiro atoms. The van der Waals surface area contributed by atoms with Crippen LogP contribution in [0.5, 0.6) is 5.75 Å². The second kappa shape index (κ2) is 8.90. The highest BCUT2D eigenvalue weighted by molar-refractivity contribution is 5.95. The first kappa shape index (κ1) is 21.7. The zero-order chi connectivity index (χ0) is 22.8. The first-order chi connectivity index (χ1) is 15.4. The number of hydrogen-bond acceptors (Lipinski definition) is 4. The lowest BCUT2D eigenvalue weighted by atomic mass is 9.83. The summed E-state index contributed by atoms with van der Waals surface area (Å²) in [7, 11) is 0. The maximum atomic E-state index is 14.2. The molecule has 1 aliphatic rings. The molecule has 0 bridgehead atoms. The largest absolute Gasteiger partial charge is 0.502 e. The van der Waals surface area contributed by atoms with Crippen molar-refractivity contribution in [3.05, 3.63) is 93.4 Å². The van der Waals surface area contributed by atoms with Crippen LogP contribution in [0, 0.1) is 11.6 Å². The summed E-state index contributed by atoms with van der Waals surface area (Å²) in [6, 6.07) is 11.4. The van der Waals surface area contributed by atoms with Crippen LogP contribution in [0.15, 0.2) is 59.5 Å². The molecule has 4 rings (SSSR count). The van der Waals surface area contributed by atoms with Gasteiger partial charge in [-0.25, -0.2) is 8.78 Å². The summed E-state index contributed by atoms with van der Waals surface area (Å²) in [4.78, 5) is 26.7. The highest BCUT2D eigenvalue weighted by atomic mass is 19.1. The van der Waals surface area contributed by atoms with Crippen molar-refractivity contribution in [3.8, 4) is 5.75 Å². The van der Waals surface area contributed by atoms with Crippen LogP contribution in [-0.4, -0.2) is 38.8 Å². The zero-order valence-electron chi connectivity index (χ0n) is 17.5. The maximum absolute atomic E-state index is 14.2. The average molecular weight is 439 g/mol. The monoisotopic (exact) mass is 439 g/mol. The first-order valence-corrected chi connectivity index (χ1v) is 10.5. The van der Waals surface area contributed by atoms with Crippen molar-refractivity contribution in [3.63, 3.8) is 0 Å². The molecule has 2 heterocycles. The van der Waals surface area contributed by atoms with E-state index in [1.54, 1.807) is 29.2 Å². The minimum atomic E-state index is -0.756. The number of amides is 1. The molecular formula is C24H23F2N3O3. The number of aromatic hydroxyl groups is 1. The van der Waals surface area contributed by atoms with Gasteiger partial charge in [0.2, 0.25) is 5.43 Å². The van der Waals surface area contributed by atoms with Gasteiger partial charge >= 0.3 is 0 Å². The first-order valence-electron chi connectivity index (χ1n) is 10.5. The molecule has 2 aromatic carbocycles. The van der Waals surface area contributed by atoms with E-state index in [2.05, 4.69) is 5.10 Å². The summed E-state index contributed by atoms with van der Waals surface area (Å²) in [6.45, 7) is 2.62. The predicted molar refractivity (Wildman–Crippen MR) is 115 cm³/mol. The van der Waals surface area contributed by atoms with Gasteiger partial charge < -0.3 is 10.0 Å². The summed E-state index contributed by atoms with van der Waals surface area (Å²) >= 11 is 0. The number of halogens is 2. The summed E-state index contributed by atoms with van der Waals surface area (Å²) in [5.41, 5.74) is 0.170. The number of carbonyl (C=O) groups excluding carboxylic acids is 1. The van der Waals surface area contributed by atoms with E-state index in [1.807, 2.05) is 6.92 Å². The summed E-state index contributed by atoms with van der Waals surface area (Å²) in [5.74, 6) is -2.65. The quantitative estimate of drug-likeness (QED) is 0.633. The molecule has 3 aromatic rings. The van der Waals surface area contributed by atoms with E-state index in [4.69, 9.17) is 0 Å². The summed E-state index contributed by atoms with van der Waals surface area (Å²) in [5, 5.41) is 14.6. The molecule has 1 atom stereocenters. The lowest BCUT2D eigenvalue weighted by molar-refractivity contribution is 0.0631. The van der Waals surface area contributed by atoms with Crippen molar-refractivity contribution in [1.29, 1.82) is 0 Å². The highest BCUT2D eigenvalue weighted by Crippen LogP contribution is 2.39. The fourth-order valence-corrected chi connectivity index (χ4v) is 4.27. The normalized spacial score (nSPS) is 15.8. The minimum Gasteiger partial charge on any atom is -0.502 e. The number of aromatic nitrogens is 2. The van der Waals surface area contributed by atoms with Crippen molar-refractivity contribution in [2.24, 2.45) is 0 Å². The van der Waals surface area contributed by atoms with E-state index in [1.165, 1.54) is 28.9 Å². The molecule has 1 N–H and O–H groups in total. The van der Waals surface area contributed by atoms with Gasteiger partial charge in [0.15, 0.2) is 11.4 Å². The van der Waals surface area contributed by atoms with Gasteiger partial charge in [-0.05, 0) is 41.8 Å². The zero-order valence-corrected chi connectivity index (χ0v) is 17.5. The Hall–Kier alpha value is -3.55. The lowest BCUT2D eigenvalue weighted by Crippen LogP contribution is -2.47. The molecule has 0 saturated heterocycles. The number of rotatable bonds is 6. The molecule has 1 aliphatic heterocycles. The average Bonchev–Trinajstić information content (AvgIpc) is 2.77. The molecule has 166 valence electrons. The van der Waals surface area contributed by atoms with Crippen molar-refractivity contribution < 1.29 is 18.7 Å². The van der Waals surface area contributed by atoms with E-state index < -0.39 is 40.7 Å². The Morgan fingerprint density at radius 3 is 2.28 bits per heavy atom. The van der Waals surface area contributed by atoms with Crippen LogP contribution in [0.3, 0.4) is 0 Å². The predicted octanol–water partition coefficient (Wildman–Crippen LogP) is 3.86. The van der Waals surface area contributed by atoms with Crippen molar-refractivity contribution in [2.45, 2.75) is 31.7 Å². The van der Waals surface area contributed by atoms with Crippen LogP contribution in [0.1, 0.15) is 53.3 Å². The van der Waals surface area contributed by atoms with Gasteiger partial charge in [-0.1, -0.05) is 37.6 Å². The van der Waals surface area contributed by atoms with Crippen LogP contribution >= 0.6 is 0 Å². The lowest BCUT2D eigenvalue weighted by Gasteiger charge is -2.39. The van der Waals surface area contributed by atoms with Crippen molar-refractivity contribution >= 4 is 5.91 Å². The fourth-order valence-electron chi connectivity index (χ4n) is 4.27. The number of benzene rings is 2. The van der Waals surface area contributed by atoms with Gasteiger partial charge in [-0.2, -0.15) is 5.10 Å². The smallest absolute Gasteiger partial charge is 0.276 e. The Morgan fingerprint density at radius 2 is 1.72 bits per heavy atom. The molecule has 1 aromatic heterocycles. The number of hydrogen-bond donors (Lipinski definition) is 1. The van der Waals surface area contributed by atoms with E-state index in [9.17, 15) is 23.5 Å². The topological polar surface area (TPSA) is 75.4 Å². The Kier molecular flexibility index (Phi) is 6.03. The Balaban J connectivity index is 1.93. The molecule has 0 unspecified atom stereocenters. The van der Waals surface area contributed by atoms with Crippen LogP contribution in [0.4, 0.5) is 8.78 Å². The maximum Gasteiger partial charge on any atom is 0.276 e. The van der Waals surface area contributed by atoms with Gasteiger partial charge in [0.05, 0.1) is 12.2 Å². The number of carbonyl (C=O) groups is 1. The van der Waals surface area contributed by atoms with Gasteiger partial charge in [0.1, 0.15) is 11.6 Å². The van der Waals surface area contributed by atoms with Crippen LogP contribution in [0.25, 0.3) is 0 Å². The van der Waals surface area contributed by atoms with Crippen LogP contribution < -0.4 is 5.43 Å². The van der Waals surface area contributed by atoms with E-state index in [0.717, 1.165) is 19.0 Å². The SMILES string of the molecule is CCCCN1C[C@H](C(c2cccc(F)c2)c2cccc(F)c2)n2ncc(=O)c(O)c2C1=O. The molecule has 0 radical (unpaired) electrons. The third-order valence-electron chi connectivity index (χ3n) is 5.78. The molecule has 6 nitrogen and oxygen atoms in total. The van der Waals surface area contributed by atoms with Crippen molar-refractivity contribution in [2.75, 3.05) is 13.1 Å². The Morgan fingerprint density at radius 1 is 1.09 bits per heavy atom. The number of fused-ring (bicyclic) bond motifs is 1. The van der Waals surface area contributed by atoms with Gasteiger partial charge in [-0.15, -0.1) is 0 Å². The molecule has 0 fully saturated rings. The molecular weight excluding hydrogens is 416 g/mol. The van der Waals surface area contributed by atoms with Gasteiger partial charge in [0, 0.05) is 19.0 Å². The molecule has 0 aliphatic carbocycles. The molecule has 1 amide bonds. The third-order valence-corrected chi connectivity index (χ3v) is 5.78. The standard InChI is InChI=1S/C24H23F2N3O3/c1-2-3-10-28-14-19(29-22(24(28)32)23(31)20(30)13-27-29)21(15-6-4-8-17(25)11-15)16-7-5-9-18(26)12-16/h4-9,11-13,19,21,31H,2-3,10,14H2,1H3/t19-/m1/s1. The van der Waals surface area contributed by atoms with Gasteiger partial charge in [-0.3, -0.25) is 14.3 Å².